The Morgan fingerprint density at radius 1 is 1.38 bits per heavy atom. The van der Waals surface area contributed by atoms with Crippen LogP contribution in [-0.4, -0.2) is 42.5 Å². The summed E-state index contributed by atoms with van der Waals surface area (Å²) >= 11 is 0. The minimum Gasteiger partial charge on any atom is -0.296 e. The first-order valence-electron chi connectivity index (χ1n) is 5.64. The van der Waals surface area contributed by atoms with E-state index >= 15 is 0 Å². The van der Waals surface area contributed by atoms with E-state index in [1.54, 1.807) is 4.90 Å². The maximum Gasteiger partial charge on any atom is 0.242 e. The second kappa shape index (κ2) is 4.61. The Labute approximate surface area is 95.9 Å². The van der Waals surface area contributed by atoms with Crippen molar-refractivity contribution in [3.05, 3.63) is 23.9 Å². The van der Waals surface area contributed by atoms with Crippen LogP contribution in [0.25, 0.3) is 0 Å². The van der Waals surface area contributed by atoms with Crippen LogP contribution in [0.4, 0.5) is 5.82 Å². The molecule has 0 spiro atoms. The Kier molecular flexibility index (Phi) is 3.19. The molecule has 1 aromatic heterocycles. The van der Waals surface area contributed by atoms with Crippen molar-refractivity contribution in [1.29, 1.82) is 0 Å². The molecule has 1 fully saturated rings. The number of likely N-dealkylation sites (N-methyl/N-ethyl adjacent to an activating group) is 1. The van der Waals surface area contributed by atoms with Crippen LogP contribution in [0, 0.1) is 0 Å². The highest BCUT2D eigenvalue weighted by atomic mass is 16.2. The second-order valence-electron chi connectivity index (χ2n) is 4.16. The number of carbonyl (C=O) groups is 1. The van der Waals surface area contributed by atoms with Crippen LogP contribution in [0.2, 0.25) is 0 Å². The Balaban J connectivity index is 2.14. The maximum absolute atomic E-state index is 11.8. The molecule has 1 saturated heterocycles. The van der Waals surface area contributed by atoms with Gasteiger partial charge >= 0.3 is 0 Å². The summed E-state index contributed by atoms with van der Waals surface area (Å²) in [5, 5.41) is 0. The Morgan fingerprint density at radius 3 is 2.75 bits per heavy atom. The summed E-state index contributed by atoms with van der Waals surface area (Å²) in [4.78, 5) is 19.9. The van der Waals surface area contributed by atoms with Crippen molar-refractivity contribution in [2.24, 2.45) is 0 Å². The Hall–Kier alpha value is -1.42. The lowest BCUT2D eigenvalue weighted by Gasteiger charge is -2.31. The summed E-state index contributed by atoms with van der Waals surface area (Å²) in [7, 11) is 1.96. The van der Waals surface area contributed by atoms with Crippen molar-refractivity contribution in [2.45, 2.75) is 13.3 Å². The van der Waals surface area contributed by atoms with Crippen LogP contribution in [0.15, 0.2) is 18.3 Å². The molecule has 0 atom stereocenters. The fraction of sp³-hybridized carbons (Fsp3) is 0.500. The van der Waals surface area contributed by atoms with Gasteiger partial charge in [0.15, 0.2) is 0 Å². The van der Waals surface area contributed by atoms with E-state index in [1.807, 2.05) is 30.3 Å². The normalized spacial score (nSPS) is 17.9. The third-order valence-electron chi connectivity index (χ3n) is 2.91. The number of rotatable bonds is 2. The van der Waals surface area contributed by atoms with Gasteiger partial charge in [-0.1, -0.05) is 13.0 Å². The predicted octanol–water partition coefficient (Wildman–Crippen LogP) is 0.922. The number of piperazine rings is 1. The maximum atomic E-state index is 11.8. The van der Waals surface area contributed by atoms with Crippen LogP contribution in [-0.2, 0) is 11.2 Å². The van der Waals surface area contributed by atoms with E-state index in [0.29, 0.717) is 6.54 Å². The first kappa shape index (κ1) is 11.1. The third-order valence-corrected chi connectivity index (χ3v) is 2.91. The molecule has 0 radical (unpaired) electrons. The molecule has 2 heterocycles. The molecule has 0 aliphatic carbocycles. The fourth-order valence-corrected chi connectivity index (χ4v) is 1.82. The topological polar surface area (TPSA) is 36.4 Å². The van der Waals surface area contributed by atoms with Gasteiger partial charge in [0.2, 0.25) is 5.91 Å². The zero-order valence-electron chi connectivity index (χ0n) is 9.81. The Morgan fingerprint density at radius 2 is 2.19 bits per heavy atom. The van der Waals surface area contributed by atoms with Gasteiger partial charge in [-0.05, 0) is 25.1 Å². The average molecular weight is 219 g/mol. The van der Waals surface area contributed by atoms with Gasteiger partial charge in [-0.15, -0.1) is 0 Å². The van der Waals surface area contributed by atoms with Crippen molar-refractivity contribution in [3.8, 4) is 0 Å². The van der Waals surface area contributed by atoms with Crippen LogP contribution in [0.1, 0.15) is 12.5 Å². The first-order valence-corrected chi connectivity index (χ1v) is 5.64. The van der Waals surface area contributed by atoms with Crippen LogP contribution in [0.3, 0.4) is 0 Å². The van der Waals surface area contributed by atoms with Crippen molar-refractivity contribution >= 4 is 11.7 Å². The molecular formula is C12H17N3O. The van der Waals surface area contributed by atoms with Gasteiger partial charge in [-0.25, -0.2) is 4.98 Å². The smallest absolute Gasteiger partial charge is 0.242 e. The van der Waals surface area contributed by atoms with Crippen molar-refractivity contribution in [1.82, 2.24) is 9.88 Å². The van der Waals surface area contributed by atoms with E-state index in [-0.39, 0.29) is 5.91 Å². The van der Waals surface area contributed by atoms with Crippen molar-refractivity contribution in [3.63, 3.8) is 0 Å². The molecule has 1 amide bonds. The number of carbonyl (C=O) groups excluding carboxylic acids is 1. The summed E-state index contributed by atoms with van der Waals surface area (Å²) in [6.07, 6.45) is 2.82. The van der Waals surface area contributed by atoms with Crippen LogP contribution in [0.5, 0.6) is 0 Å². The van der Waals surface area contributed by atoms with Crippen molar-refractivity contribution in [2.75, 3.05) is 31.6 Å². The zero-order chi connectivity index (χ0) is 11.5. The second-order valence-corrected chi connectivity index (χ2v) is 4.16. The molecule has 4 nitrogen and oxygen atoms in total. The van der Waals surface area contributed by atoms with Gasteiger partial charge in [0.25, 0.3) is 0 Å². The Bertz CT molecular complexity index is 374. The number of nitrogens with zero attached hydrogens (tertiary/aromatic N) is 3. The number of pyridine rings is 1. The molecule has 4 heteroatoms. The first-order chi connectivity index (χ1) is 7.70. The summed E-state index contributed by atoms with van der Waals surface area (Å²) in [6.45, 7) is 4.21. The quantitative estimate of drug-likeness (QED) is 0.742. The predicted molar refractivity (Wildman–Crippen MR) is 63.5 cm³/mol. The summed E-state index contributed by atoms with van der Waals surface area (Å²) in [5.41, 5.74) is 1.20. The average Bonchev–Trinajstić information content (AvgIpc) is 2.29. The molecule has 2 rings (SSSR count). The lowest BCUT2D eigenvalue weighted by Crippen LogP contribution is -2.49. The highest BCUT2D eigenvalue weighted by molar-refractivity contribution is 5.94. The SMILES string of the molecule is CCc1ccc(N2CCN(C)CC2=O)nc1. The fourth-order valence-electron chi connectivity index (χ4n) is 1.82. The van der Waals surface area contributed by atoms with E-state index in [9.17, 15) is 4.79 Å². The highest BCUT2D eigenvalue weighted by Crippen LogP contribution is 2.14. The molecule has 1 aliphatic heterocycles. The molecule has 1 aromatic rings. The van der Waals surface area contributed by atoms with E-state index in [2.05, 4.69) is 11.9 Å². The zero-order valence-corrected chi connectivity index (χ0v) is 9.81. The van der Waals surface area contributed by atoms with Gasteiger partial charge in [0.05, 0.1) is 6.54 Å². The minimum atomic E-state index is 0.130. The van der Waals surface area contributed by atoms with Gasteiger partial charge < -0.3 is 0 Å². The van der Waals surface area contributed by atoms with Gasteiger partial charge in [0.1, 0.15) is 5.82 Å². The van der Waals surface area contributed by atoms with E-state index < -0.39 is 0 Å². The lowest BCUT2D eigenvalue weighted by atomic mass is 10.2. The number of amides is 1. The largest absolute Gasteiger partial charge is 0.296 e. The standard InChI is InChI=1S/C12H17N3O/c1-3-10-4-5-11(13-8-10)15-7-6-14(2)9-12(15)16/h4-5,8H,3,6-7,9H2,1-2H3. The summed E-state index contributed by atoms with van der Waals surface area (Å²) in [5.74, 6) is 0.904. The van der Waals surface area contributed by atoms with Gasteiger partial charge in [-0.3, -0.25) is 14.6 Å². The van der Waals surface area contributed by atoms with Crippen LogP contribution < -0.4 is 4.90 Å². The molecule has 0 bridgehead atoms. The molecular weight excluding hydrogens is 202 g/mol. The lowest BCUT2D eigenvalue weighted by molar-refractivity contribution is -0.120. The number of aryl methyl sites for hydroxylation is 1. The molecule has 0 aromatic carbocycles. The third kappa shape index (κ3) is 2.22. The van der Waals surface area contributed by atoms with Gasteiger partial charge in [-0.2, -0.15) is 0 Å². The number of anilines is 1. The molecule has 0 N–H and O–H groups in total. The number of hydrogen-bond acceptors (Lipinski definition) is 3. The highest BCUT2D eigenvalue weighted by Gasteiger charge is 2.23. The molecule has 0 unspecified atom stereocenters. The molecule has 1 aliphatic rings. The minimum absolute atomic E-state index is 0.130. The molecule has 0 saturated carbocycles. The van der Waals surface area contributed by atoms with Gasteiger partial charge in [0, 0.05) is 19.3 Å². The number of hydrogen-bond donors (Lipinski definition) is 0. The summed E-state index contributed by atoms with van der Waals surface area (Å²) < 4.78 is 0. The molecule has 16 heavy (non-hydrogen) atoms. The monoisotopic (exact) mass is 219 g/mol. The summed E-state index contributed by atoms with van der Waals surface area (Å²) in [6, 6.07) is 3.97. The van der Waals surface area contributed by atoms with E-state index in [0.717, 1.165) is 25.3 Å². The van der Waals surface area contributed by atoms with E-state index in [4.69, 9.17) is 0 Å². The van der Waals surface area contributed by atoms with Crippen molar-refractivity contribution < 1.29 is 4.79 Å². The molecule has 86 valence electrons. The van der Waals surface area contributed by atoms with Crippen LogP contribution >= 0.6 is 0 Å². The number of aromatic nitrogens is 1. The van der Waals surface area contributed by atoms with E-state index in [1.165, 1.54) is 5.56 Å².